The summed E-state index contributed by atoms with van der Waals surface area (Å²) in [6.07, 6.45) is 2.65. The molecule has 1 amide bonds. The van der Waals surface area contributed by atoms with Crippen molar-refractivity contribution in [1.29, 1.82) is 0 Å². The third-order valence-corrected chi connectivity index (χ3v) is 4.29. The van der Waals surface area contributed by atoms with E-state index in [9.17, 15) is 4.79 Å². The van der Waals surface area contributed by atoms with Crippen LogP contribution in [0.4, 0.5) is 5.82 Å². The number of nitrogens with zero attached hydrogens (tertiary/aromatic N) is 5. The lowest BCUT2D eigenvalue weighted by Crippen LogP contribution is -2.36. The molecule has 23 heavy (non-hydrogen) atoms. The normalized spacial score (nSPS) is 15.6. The highest BCUT2D eigenvalue weighted by molar-refractivity contribution is 6.31. The van der Waals surface area contributed by atoms with Gasteiger partial charge in [0.25, 0.3) is 5.91 Å². The largest absolute Gasteiger partial charge is 0.353 e. The van der Waals surface area contributed by atoms with Gasteiger partial charge in [-0.3, -0.25) is 4.79 Å². The monoisotopic (exact) mass is 333 g/mol. The summed E-state index contributed by atoms with van der Waals surface area (Å²) >= 11 is 5.98. The third kappa shape index (κ3) is 3.47. The summed E-state index contributed by atoms with van der Waals surface area (Å²) in [5, 5.41) is 8.94. The van der Waals surface area contributed by atoms with Crippen LogP contribution in [0.2, 0.25) is 5.02 Å². The van der Waals surface area contributed by atoms with Gasteiger partial charge in [0, 0.05) is 39.4 Å². The lowest BCUT2D eigenvalue weighted by atomic mass is 10.3. The summed E-state index contributed by atoms with van der Waals surface area (Å²) in [5.74, 6) is 0.892. The van der Waals surface area contributed by atoms with Crippen molar-refractivity contribution >= 4 is 23.3 Å². The van der Waals surface area contributed by atoms with Gasteiger partial charge in [0.2, 0.25) is 0 Å². The van der Waals surface area contributed by atoms with Gasteiger partial charge >= 0.3 is 0 Å². The van der Waals surface area contributed by atoms with E-state index in [-0.39, 0.29) is 5.91 Å². The molecule has 1 fully saturated rings. The van der Waals surface area contributed by atoms with E-state index in [1.165, 1.54) is 0 Å². The molecule has 2 aromatic rings. The Morgan fingerprint density at radius 2 is 2.00 bits per heavy atom. The predicted octanol–water partition coefficient (Wildman–Crippen LogP) is 2.13. The van der Waals surface area contributed by atoms with Crippen molar-refractivity contribution in [2.24, 2.45) is 7.05 Å². The van der Waals surface area contributed by atoms with Gasteiger partial charge in [-0.25, -0.2) is 0 Å². The molecule has 0 saturated carbocycles. The van der Waals surface area contributed by atoms with Crippen LogP contribution in [0.1, 0.15) is 22.6 Å². The fourth-order valence-electron chi connectivity index (χ4n) is 2.81. The van der Waals surface area contributed by atoms with Crippen LogP contribution in [0, 0.1) is 6.92 Å². The molecule has 0 atom stereocenters. The Labute approximate surface area is 140 Å². The summed E-state index contributed by atoms with van der Waals surface area (Å²) in [7, 11) is 1.84. The van der Waals surface area contributed by atoms with Gasteiger partial charge in [0.15, 0.2) is 5.82 Å². The fraction of sp³-hybridized carbons (Fsp3) is 0.438. The van der Waals surface area contributed by atoms with Crippen LogP contribution in [0.25, 0.3) is 0 Å². The van der Waals surface area contributed by atoms with Gasteiger partial charge in [-0.15, -0.1) is 5.10 Å². The second-order valence-corrected chi connectivity index (χ2v) is 6.26. The molecule has 1 aliphatic heterocycles. The van der Waals surface area contributed by atoms with Crippen LogP contribution >= 0.6 is 11.6 Å². The summed E-state index contributed by atoms with van der Waals surface area (Å²) in [5.41, 5.74) is 1.53. The maximum Gasteiger partial charge on any atom is 0.270 e. The number of carbonyl (C=O) groups excluding carboxylic acids is 1. The van der Waals surface area contributed by atoms with Crippen LogP contribution in [-0.4, -0.2) is 51.8 Å². The Bertz CT molecular complexity index is 697. The van der Waals surface area contributed by atoms with E-state index in [0.717, 1.165) is 37.6 Å². The molecule has 0 spiro atoms. The van der Waals surface area contributed by atoms with Gasteiger partial charge in [-0.05, 0) is 31.5 Å². The molecule has 122 valence electrons. The number of hydrogen-bond donors (Lipinski definition) is 0. The van der Waals surface area contributed by atoms with Crippen LogP contribution in [0.5, 0.6) is 0 Å². The molecule has 3 rings (SSSR count). The Kier molecular flexibility index (Phi) is 4.52. The Balaban J connectivity index is 1.69. The smallest absolute Gasteiger partial charge is 0.270 e. The third-order valence-electron chi connectivity index (χ3n) is 4.08. The minimum atomic E-state index is 0.0243. The second-order valence-electron chi connectivity index (χ2n) is 5.82. The van der Waals surface area contributed by atoms with Crippen molar-refractivity contribution in [2.75, 3.05) is 31.1 Å². The highest BCUT2D eigenvalue weighted by atomic mass is 35.5. The number of aromatic nitrogens is 3. The van der Waals surface area contributed by atoms with E-state index >= 15 is 0 Å². The zero-order valence-electron chi connectivity index (χ0n) is 13.4. The van der Waals surface area contributed by atoms with Gasteiger partial charge in [-0.1, -0.05) is 11.6 Å². The standard InChI is InChI=1S/C16H20ClN5O/c1-12-4-5-15(19-18-12)21-6-3-7-22(9-8-21)16(23)14-10-13(17)11-20(14)2/h4-5,10-11H,3,6-9H2,1-2H3. The molecule has 7 heteroatoms. The van der Waals surface area contributed by atoms with Gasteiger partial charge in [0.1, 0.15) is 5.69 Å². The topological polar surface area (TPSA) is 54.3 Å². The Hall–Kier alpha value is -2.08. The van der Waals surface area contributed by atoms with E-state index in [2.05, 4.69) is 15.1 Å². The maximum absolute atomic E-state index is 12.7. The van der Waals surface area contributed by atoms with Crippen molar-refractivity contribution in [1.82, 2.24) is 19.7 Å². The highest BCUT2D eigenvalue weighted by Gasteiger charge is 2.23. The minimum Gasteiger partial charge on any atom is -0.353 e. The van der Waals surface area contributed by atoms with E-state index in [0.29, 0.717) is 17.3 Å². The van der Waals surface area contributed by atoms with Crippen molar-refractivity contribution in [3.63, 3.8) is 0 Å². The summed E-state index contributed by atoms with van der Waals surface area (Å²) in [6.45, 7) is 4.94. The fourth-order valence-corrected chi connectivity index (χ4v) is 3.06. The first-order valence-corrected chi connectivity index (χ1v) is 8.09. The van der Waals surface area contributed by atoms with Crippen LogP contribution in [-0.2, 0) is 7.05 Å². The molecule has 0 unspecified atom stereocenters. The van der Waals surface area contributed by atoms with Crippen molar-refractivity contribution in [2.45, 2.75) is 13.3 Å². The molecule has 2 aromatic heterocycles. The SMILES string of the molecule is Cc1ccc(N2CCCN(C(=O)c3cc(Cl)cn3C)CC2)nn1. The second kappa shape index (κ2) is 6.58. The van der Waals surface area contributed by atoms with Crippen molar-refractivity contribution < 1.29 is 4.79 Å². The van der Waals surface area contributed by atoms with Crippen LogP contribution < -0.4 is 4.90 Å². The summed E-state index contributed by atoms with van der Waals surface area (Å²) < 4.78 is 1.78. The van der Waals surface area contributed by atoms with Crippen LogP contribution in [0.3, 0.4) is 0 Å². The number of amides is 1. The maximum atomic E-state index is 12.7. The number of anilines is 1. The van der Waals surface area contributed by atoms with Crippen molar-refractivity contribution in [3.05, 3.63) is 40.8 Å². The number of halogens is 1. The zero-order chi connectivity index (χ0) is 16.4. The first-order valence-electron chi connectivity index (χ1n) is 7.71. The highest BCUT2D eigenvalue weighted by Crippen LogP contribution is 2.17. The van der Waals surface area contributed by atoms with E-state index in [4.69, 9.17) is 11.6 Å². The van der Waals surface area contributed by atoms with E-state index in [1.54, 1.807) is 16.8 Å². The number of aryl methyl sites for hydroxylation is 2. The Morgan fingerprint density at radius 3 is 2.65 bits per heavy atom. The quantitative estimate of drug-likeness (QED) is 0.845. The molecular weight excluding hydrogens is 314 g/mol. The average molecular weight is 334 g/mol. The average Bonchev–Trinajstić information content (AvgIpc) is 2.74. The lowest BCUT2D eigenvalue weighted by Gasteiger charge is -2.22. The molecule has 1 saturated heterocycles. The van der Waals surface area contributed by atoms with Crippen molar-refractivity contribution in [3.8, 4) is 0 Å². The molecule has 0 radical (unpaired) electrons. The van der Waals surface area contributed by atoms with Gasteiger partial charge in [-0.2, -0.15) is 5.10 Å². The van der Waals surface area contributed by atoms with Gasteiger partial charge in [0.05, 0.1) is 10.7 Å². The lowest BCUT2D eigenvalue weighted by molar-refractivity contribution is 0.0757. The van der Waals surface area contributed by atoms with E-state index < -0.39 is 0 Å². The molecule has 1 aliphatic rings. The minimum absolute atomic E-state index is 0.0243. The predicted molar refractivity (Wildman–Crippen MR) is 89.9 cm³/mol. The molecule has 0 N–H and O–H groups in total. The molecule has 0 aliphatic carbocycles. The first kappa shape index (κ1) is 15.8. The molecule has 0 aromatic carbocycles. The number of carbonyl (C=O) groups is 1. The van der Waals surface area contributed by atoms with E-state index in [1.807, 2.05) is 31.0 Å². The molecular formula is C16H20ClN5O. The first-order chi connectivity index (χ1) is 11.0. The number of rotatable bonds is 2. The summed E-state index contributed by atoms with van der Waals surface area (Å²) in [6, 6.07) is 5.66. The molecule has 3 heterocycles. The number of hydrogen-bond acceptors (Lipinski definition) is 4. The summed E-state index contributed by atoms with van der Waals surface area (Å²) in [4.78, 5) is 16.7. The van der Waals surface area contributed by atoms with Crippen LogP contribution in [0.15, 0.2) is 24.4 Å². The Morgan fingerprint density at radius 1 is 1.17 bits per heavy atom. The zero-order valence-corrected chi connectivity index (χ0v) is 14.1. The molecule has 0 bridgehead atoms. The molecule has 6 nitrogen and oxygen atoms in total. The van der Waals surface area contributed by atoms with Gasteiger partial charge < -0.3 is 14.4 Å².